The van der Waals surface area contributed by atoms with Crippen molar-refractivity contribution in [1.82, 2.24) is 29.5 Å². The van der Waals surface area contributed by atoms with Gasteiger partial charge < -0.3 is 5.32 Å². The monoisotopic (exact) mass is 394 g/mol. The molecular formula is C20H22N6OS. The quantitative estimate of drug-likeness (QED) is 0.384. The summed E-state index contributed by atoms with van der Waals surface area (Å²) in [5.41, 5.74) is 4.77. The summed E-state index contributed by atoms with van der Waals surface area (Å²) < 4.78 is 3.71. The lowest BCUT2D eigenvalue weighted by molar-refractivity contribution is -0.118. The second kappa shape index (κ2) is 8.02. The minimum absolute atomic E-state index is 0.0160. The maximum atomic E-state index is 11.9. The summed E-state index contributed by atoms with van der Waals surface area (Å²) in [6.45, 7) is 4.88. The lowest BCUT2D eigenvalue weighted by atomic mass is 10.1. The maximum absolute atomic E-state index is 11.9. The molecule has 1 N–H and O–H groups in total. The van der Waals surface area contributed by atoms with Gasteiger partial charge in [0.1, 0.15) is 5.52 Å². The van der Waals surface area contributed by atoms with Gasteiger partial charge in [-0.2, -0.15) is 5.10 Å². The molecule has 144 valence electrons. The number of nitrogens with one attached hydrogen (secondary N) is 1. The molecular weight excluding hydrogens is 372 g/mol. The van der Waals surface area contributed by atoms with E-state index < -0.39 is 0 Å². The van der Waals surface area contributed by atoms with Crippen LogP contribution in [-0.4, -0.2) is 42.4 Å². The molecule has 7 nitrogen and oxygen atoms in total. The summed E-state index contributed by atoms with van der Waals surface area (Å²) in [6, 6.07) is 10.3. The molecule has 1 amide bonds. The molecule has 28 heavy (non-hydrogen) atoms. The molecule has 4 aromatic rings. The van der Waals surface area contributed by atoms with Gasteiger partial charge >= 0.3 is 0 Å². The fourth-order valence-corrected chi connectivity index (χ4v) is 3.69. The van der Waals surface area contributed by atoms with Crippen LogP contribution in [0.1, 0.15) is 25.3 Å². The number of nitrogens with zero attached hydrogens (tertiary/aromatic N) is 5. The number of unbranched alkanes of at least 4 members (excludes halogenated alkanes) is 1. The summed E-state index contributed by atoms with van der Waals surface area (Å²) in [5, 5.41) is 16.8. The fourth-order valence-electron chi connectivity index (χ4n) is 2.94. The highest BCUT2D eigenvalue weighted by atomic mass is 32.2. The third kappa shape index (κ3) is 3.73. The zero-order valence-electron chi connectivity index (χ0n) is 15.9. The molecule has 0 radical (unpaired) electrons. The van der Waals surface area contributed by atoms with E-state index >= 15 is 0 Å². The fraction of sp³-hybridized carbons (Fsp3) is 0.300. The highest BCUT2D eigenvalue weighted by Crippen LogP contribution is 2.24. The molecule has 0 aliphatic carbocycles. The lowest BCUT2D eigenvalue weighted by Crippen LogP contribution is -2.26. The number of fused-ring (bicyclic) bond motifs is 3. The molecule has 1 aromatic carbocycles. The van der Waals surface area contributed by atoms with E-state index in [0.29, 0.717) is 17.5 Å². The van der Waals surface area contributed by atoms with Crippen molar-refractivity contribution in [1.29, 1.82) is 0 Å². The number of carbonyl (C=O) groups is 1. The molecule has 4 rings (SSSR count). The van der Waals surface area contributed by atoms with E-state index in [2.05, 4.69) is 58.7 Å². The van der Waals surface area contributed by atoms with Crippen LogP contribution in [0.15, 0.2) is 47.9 Å². The summed E-state index contributed by atoms with van der Waals surface area (Å²) in [5.74, 6) is 0.339. The average molecular weight is 395 g/mol. The minimum atomic E-state index is 0.0160. The molecule has 0 unspecified atom stereocenters. The van der Waals surface area contributed by atoms with Gasteiger partial charge in [-0.3, -0.25) is 9.20 Å². The third-order valence-electron chi connectivity index (χ3n) is 4.52. The zero-order chi connectivity index (χ0) is 19.5. The van der Waals surface area contributed by atoms with Gasteiger partial charge in [-0.15, -0.1) is 10.2 Å². The lowest BCUT2D eigenvalue weighted by Gasteiger charge is -2.03. The van der Waals surface area contributed by atoms with E-state index in [4.69, 9.17) is 0 Å². The first-order chi connectivity index (χ1) is 13.7. The largest absolute Gasteiger partial charge is 0.355 e. The van der Waals surface area contributed by atoms with Gasteiger partial charge in [0.2, 0.25) is 5.91 Å². The molecule has 0 aliphatic heterocycles. The minimum Gasteiger partial charge on any atom is -0.355 e. The highest BCUT2D eigenvalue weighted by Gasteiger charge is 2.14. The second-order valence-electron chi connectivity index (χ2n) is 6.69. The zero-order valence-corrected chi connectivity index (χ0v) is 16.7. The van der Waals surface area contributed by atoms with Crippen molar-refractivity contribution in [3.8, 4) is 11.3 Å². The molecule has 0 saturated carbocycles. The van der Waals surface area contributed by atoms with E-state index in [1.165, 1.54) is 17.3 Å². The summed E-state index contributed by atoms with van der Waals surface area (Å²) in [4.78, 5) is 11.9. The molecule has 0 aliphatic rings. The van der Waals surface area contributed by atoms with E-state index in [0.717, 1.165) is 35.3 Å². The first-order valence-electron chi connectivity index (χ1n) is 9.35. The Morgan fingerprint density at radius 2 is 2.00 bits per heavy atom. The van der Waals surface area contributed by atoms with Crippen molar-refractivity contribution in [2.24, 2.45) is 0 Å². The predicted molar refractivity (Wildman–Crippen MR) is 111 cm³/mol. The van der Waals surface area contributed by atoms with Crippen LogP contribution in [-0.2, 0) is 4.79 Å². The summed E-state index contributed by atoms with van der Waals surface area (Å²) in [7, 11) is 0. The molecule has 8 heteroatoms. The van der Waals surface area contributed by atoms with Gasteiger partial charge in [0.05, 0.1) is 11.4 Å². The Balaban J connectivity index is 1.57. The van der Waals surface area contributed by atoms with Gasteiger partial charge in [0.15, 0.2) is 10.8 Å². The van der Waals surface area contributed by atoms with Gasteiger partial charge in [0.25, 0.3) is 0 Å². The molecule has 3 heterocycles. The van der Waals surface area contributed by atoms with Crippen molar-refractivity contribution in [2.45, 2.75) is 31.8 Å². The van der Waals surface area contributed by atoms with Gasteiger partial charge in [-0.1, -0.05) is 54.9 Å². The van der Waals surface area contributed by atoms with Crippen molar-refractivity contribution in [3.05, 3.63) is 48.3 Å². The average Bonchev–Trinajstić information content (AvgIpc) is 3.31. The van der Waals surface area contributed by atoms with Gasteiger partial charge in [-0.25, -0.2) is 4.52 Å². The number of hydrogen-bond donors (Lipinski definition) is 1. The van der Waals surface area contributed by atoms with Crippen LogP contribution in [0.4, 0.5) is 0 Å². The van der Waals surface area contributed by atoms with Crippen molar-refractivity contribution in [3.63, 3.8) is 0 Å². The number of aromatic nitrogens is 5. The maximum Gasteiger partial charge on any atom is 0.230 e. The van der Waals surface area contributed by atoms with Crippen LogP contribution < -0.4 is 5.32 Å². The Labute approximate surface area is 167 Å². The summed E-state index contributed by atoms with van der Waals surface area (Å²) >= 11 is 1.38. The molecule has 0 bridgehead atoms. The number of amides is 1. The van der Waals surface area contributed by atoms with E-state index in [1.54, 1.807) is 0 Å². The van der Waals surface area contributed by atoms with Crippen LogP contribution in [0.5, 0.6) is 0 Å². The molecule has 0 saturated heterocycles. The standard InChI is InChI=1S/C20H22N6OS/c1-3-4-9-21-18(27)13-28-20-23-22-19-17-12-16(15-7-5-14(2)6-8-15)24-26(17)11-10-25(19)20/h5-8,10-12H,3-4,9,13H2,1-2H3,(H,21,27). The van der Waals surface area contributed by atoms with Crippen molar-refractivity contribution < 1.29 is 4.79 Å². The number of hydrogen-bond acceptors (Lipinski definition) is 5. The molecule has 3 aromatic heterocycles. The number of aryl methyl sites for hydroxylation is 1. The predicted octanol–water partition coefficient (Wildman–Crippen LogP) is 3.36. The van der Waals surface area contributed by atoms with Crippen molar-refractivity contribution in [2.75, 3.05) is 12.3 Å². The smallest absolute Gasteiger partial charge is 0.230 e. The van der Waals surface area contributed by atoms with Crippen LogP contribution in [0.2, 0.25) is 0 Å². The number of carbonyl (C=O) groups excluding carboxylic acids is 1. The van der Waals surface area contributed by atoms with Gasteiger partial charge in [0, 0.05) is 24.5 Å². The molecule has 0 fully saturated rings. The van der Waals surface area contributed by atoms with Crippen LogP contribution in [0.3, 0.4) is 0 Å². The van der Waals surface area contributed by atoms with Crippen LogP contribution in [0, 0.1) is 6.92 Å². The van der Waals surface area contributed by atoms with E-state index in [9.17, 15) is 4.79 Å². The summed E-state index contributed by atoms with van der Waals surface area (Å²) in [6.07, 6.45) is 5.82. The topological polar surface area (TPSA) is 76.6 Å². The number of rotatable bonds is 7. The Kier molecular flexibility index (Phi) is 5.29. The molecule has 0 spiro atoms. The van der Waals surface area contributed by atoms with Crippen LogP contribution >= 0.6 is 11.8 Å². The van der Waals surface area contributed by atoms with E-state index in [-0.39, 0.29) is 5.91 Å². The SMILES string of the molecule is CCCCNC(=O)CSc1nnc2c3cc(-c4ccc(C)cc4)nn3ccn12. The first kappa shape index (κ1) is 18.5. The van der Waals surface area contributed by atoms with Crippen molar-refractivity contribution >= 4 is 28.8 Å². The Morgan fingerprint density at radius 1 is 1.18 bits per heavy atom. The Hall–Kier alpha value is -2.87. The third-order valence-corrected chi connectivity index (χ3v) is 5.46. The van der Waals surface area contributed by atoms with Crippen LogP contribution in [0.25, 0.3) is 22.4 Å². The number of thioether (sulfide) groups is 1. The number of benzene rings is 1. The highest BCUT2D eigenvalue weighted by molar-refractivity contribution is 7.99. The normalized spacial score (nSPS) is 11.4. The first-order valence-corrected chi connectivity index (χ1v) is 10.3. The molecule has 0 atom stereocenters. The van der Waals surface area contributed by atoms with Gasteiger partial charge in [-0.05, 0) is 19.4 Å². The Bertz CT molecular complexity index is 1120. The second-order valence-corrected chi connectivity index (χ2v) is 7.63. The van der Waals surface area contributed by atoms with E-state index in [1.807, 2.05) is 27.4 Å². The Morgan fingerprint density at radius 3 is 2.79 bits per heavy atom.